The minimum atomic E-state index is -0.764. The molecule has 3 heteroatoms. The summed E-state index contributed by atoms with van der Waals surface area (Å²) >= 11 is 0. The van der Waals surface area contributed by atoms with Crippen LogP contribution in [0.2, 0.25) is 0 Å². The van der Waals surface area contributed by atoms with E-state index in [4.69, 9.17) is 4.74 Å². The molecule has 1 aliphatic heterocycles. The summed E-state index contributed by atoms with van der Waals surface area (Å²) < 4.78 is 33.5. The molecule has 4 rings (SSSR count). The third kappa shape index (κ3) is 3.57. The fourth-order valence-electron chi connectivity index (χ4n) is 5.50. The first-order valence-electron chi connectivity index (χ1n) is 10.3. The van der Waals surface area contributed by atoms with Gasteiger partial charge < -0.3 is 4.74 Å². The van der Waals surface area contributed by atoms with Crippen molar-refractivity contribution in [2.45, 2.75) is 83.4 Å². The van der Waals surface area contributed by atoms with Crippen LogP contribution >= 0.6 is 0 Å². The molecule has 0 bridgehead atoms. The number of benzene rings is 1. The largest absolute Gasteiger partial charge is 0.487 e. The average molecular weight is 348 g/mol. The molecule has 0 N–H and O–H groups in total. The highest BCUT2D eigenvalue weighted by atomic mass is 19.1. The summed E-state index contributed by atoms with van der Waals surface area (Å²) in [6.45, 7) is -0.764. The quantitative estimate of drug-likeness (QED) is 0.616. The van der Waals surface area contributed by atoms with Gasteiger partial charge in [-0.15, -0.1) is 0 Å². The molecule has 1 nitrogen and oxygen atoms in total. The Morgan fingerprint density at radius 1 is 0.840 bits per heavy atom. The Morgan fingerprint density at radius 2 is 1.52 bits per heavy atom. The molecular weight excluding hydrogens is 318 g/mol. The number of rotatable bonds is 3. The van der Waals surface area contributed by atoms with Gasteiger partial charge in [-0.3, -0.25) is 0 Å². The number of alkyl halides is 1. The summed E-state index contributed by atoms with van der Waals surface area (Å²) in [5.41, 5.74) is 1.03. The Balaban J connectivity index is 1.38. The molecule has 0 radical (unpaired) electrons. The van der Waals surface area contributed by atoms with Crippen molar-refractivity contribution in [3.8, 4) is 5.75 Å². The highest BCUT2D eigenvalue weighted by Gasteiger charge is 2.35. The van der Waals surface area contributed by atoms with Gasteiger partial charge in [0.15, 0.2) is 11.6 Å². The van der Waals surface area contributed by atoms with E-state index in [0.29, 0.717) is 11.7 Å². The van der Waals surface area contributed by atoms with Gasteiger partial charge in [0.25, 0.3) is 0 Å². The molecule has 2 fully saturated rings. The zero-order valence-corrected chi connectivity index (χ0v) is 15.1. The predicted octanol–water partition coefficient (Wildman–Crippen LogP) is 6.38. The number of ether oxygens (including phenoxy) is 1. The molecule has 138 valence electrons. The van der Waals surface area contributed by atoms with Crippen LogP contribution in [0, 0.1) is 23.6 Å². The van der Waals surface area contributed by atoms with E-state index < -0.39 is 12.5 Å². The fraction of sp³-hybridized carbons (Fsp3) is 0.727. The van der Waals surface area contributed by atoms with E-state index in [9.17, 15) is 8.78 Å². The zero-order valence-electron chi connectivity index (χ0n) is 15.1. The van der Waals surface area contributed by atoms with Crippen molar-refractivity contribution in [2.24, 2.45) is 17.8 Å². The molecule has 2 saturated carbocycles. The topological polar surface area (TPSA) is 9.23 Å². The van der Waals surface area contributed by atoms with Crippen LogP contribution in [0.25, 0.3) is 0 Å². The molecule has 2 aliphatic carbocycles. The first-order valence-corrected chi connectivity index (χ1v) is 10.3. The SMILES string of the molecule is FCc1ccc2c(c1F)OC(C1CCC(C3CCCCC3)CC1)CC2. The lowest BCUT2D eigenvalue weighted by atomic mass is 9.69. The van der Waals surface area contributed by atoms with E-state index in [1.54, 1.807) is 6.07 Å². The van der Waals surface area contributed by atoms with Crippen molar-refractivity contribution in [1.29, 1.82) is 0 Å². The van der Waals surface area contributed by atoms with Crippen LogP contribution in [-0.4, -0.2) is 6.10 Å². The molecule has 25 heavy (non-hydrogen) atoms. The van der Waals surface area contributed by atoms with Crippen LogP contribution in [0.15, 0.2) is 12.1 Å². The summed E-state index contributed by atoms with van der Waals surface area (Å²) in [5.74, 6) is 2.26. The molecule has 1 aromatic carbocycles. The highest BCUT2D eigenvalue weighted by molar-refractivity contribution is 5.41. The third-order valence-corrected chi connectivity index (χ3v) is 7.03. The van der Waals surface area contributed by atoms with E-state index in [0.717, 1.165) is 30.2 Å². The molecule has 0 amide bonds. The lowest BCUT2D eigenvalue weighted by Gasteiger charge is -2.39. The zero-order chi connectivity index (χ0) is 17.2. The maximum absolute atomic E-state index is 14.4. The summed E-state index contributed by atoms with van der Waals surface area (Å²) in [4.78, 5) is 0. The number of halogens is 2. The molecular formula is C22H30F2O. The number of fused-ring (bicyclic) bond motifs is 1. The van der Waals surface area contributed by atoms with E-state index in [2.05, 4.69) is 0 Å². The minimum absolute atomic E-state index is 0.115. The minimum Gasteiger partial charge on any atom is -0.487 e. The Bertz CT molecular complexity index is 586. The number of hydrogen-bond donors (Lipinski definition) is 0. The predicted molar refractivity (Wildman–Crippen MR) is 96.0 cm³/mol. The van der Waals surface area contributed by atoms with Crippen molar-refractivity contribution in [3.05, 3.63) is 29.1 Å². The lowest BCUT2D eigenvalue weighted by Crippen LogP contribution is -2.35. The Morgan fingerprint density at radius 3 is 2.24 bits per heavy atom. The number of aryl methyl sites for hydroxylation is 1. The van der Waals surface area contributed by atoms with Crippen LogP contribution in [0.3, 0.4) is 0 Å². The normalized spacial score (nSPS) is 30.6. The fourth-order valence-corrected chi connectivity index (χ4v) is 5.50. The van der Waals surface area contributed by atoms with Crippen molar-refractivity contribution < 1.29 is 13.5 Å². The van der Waals surface area contributed by atoms with Crippen LogP contribution in [0.5, 0.6) is 5.75 Å². The van der Waals surface area contributed by atoms with Crippen molar-refractivity contribution in [2.75, 3.05) is 0 Å². The maximum atomic E-state index is 14.4. The first-order chi connectivity index (χ1) is 12.3. The standard InChI is InChI=1S/C22H30F2O/c23-14-19-11-10-18-12-13-20(25-22(18)21(19)24)17-8-6-16(7-9-17)15-4-2-1-3-5-15/h10-11,15-17,20H,1-9,12-14H2. The second-order valence-corrected chi connectivity index (χ2v) is 8.43. The van der Waals surface area contributed by atoms with E-state index in [1.165, 1.54) is 57.8 Å². The van der Waals surface area contributed by atoms with Crippen LogP contribution in [0.1, 0.15) is 75.3 Å². The van der Waals surface area contributed by atoms with E-state index in [-0.39, 0.29) is 11.7 Å². The lowest BCUT2D eigenvalue weighted by molar-refractivity contribution is 0.0595. The second kappa shape index (κ2) is 7.63. The number of hydrogen-bond acceptors (Lipinski definition) is 1. The Labute approximate surface area is 150 Å². The van der Waals surface area contributed by atoms with Gasteiger partial charge in [0, 0.05) is 5.56 Å². The molecule has 1 unspecified atom stereocenters. The van der Waals surface area contributed by atoms with Gasteiger partial charge in [-0.25, -0.2) is 8.78 Å². The molecule has 0 aromatic heterocycles. The molecule has 0 spiro atoms. The van der Waals surface area contributed by atoms with Crippen molar-refractivity contribution >= 4 is 0 Å². The van der Waals surface area contributed by atoms with Gasteiger partial charge in [-0.05, 0) is 61.8 Å². The Hall–Kier alpha value is -1.12. The van der Waals surface area contributed by atoms with Gasteiger partial charge in [-0.1, -0.05) is 44.2 Å². The molecule has 1 heterocycles. The molecule has 3 aliphatic rings. The monoisotopic (exact) mass is 348 g/mol. The van der Waals surface area contributed by atoms with Crippen LogP contribution in [-0.2, 0) is 13.1 Å². The molecule has 0 saturated heterocycles. The first kappa shape index (κ1) is 17.3. The van der Waals surface area contributed by atoms with Gasteiger partial charge in [0.1, 0.15) is 12.8 Å². The van der Waals surface area contributed by atoms with Crippen LogP contribution < -0.4 is 4.74 Å². The van der Waals surface area contributed by atoms with Gasteiger partial charge >= 0.3 is 0 Å². The second-order valence-electron chi connectivity index (χ2n) is 8.43. The molecule has 1 aromatic rings. The maximum Gasteiger partial charge on any atom is 0.171 e. The Kier molecular flexibility index (Phi) is 5.28. The van der Waals surface area contributed by atoms with Gasteiger partial charge in [0.05, 0.1) is 0 Å². The summed E-state index contributed by atoms with van der Waals surface area (Å²) in [6, 6.07) is 3.40. The third-order valence-electron chi connectivity index (χ3n) is 7.03. The summed E-state index contributed by atoms with van der Waals surface area (Å²) in [7, 11) is 0. The average Bonchev–Trinajstić information content (AvgIpc) is 2.69. The smallest absolute Gasteiger partial charge is 0.171 e. The van der Waals surface area contributed by atoms with Crippen molar-refractivity contribution in [1.82, 2.24) is 0 Å². The molecule has 1 atom stereocenters. The summed E-state index contributed by atoms with van der Waals surface area (Å²) in [6.07, 6.45) is 14.1. The highest BCUT2D eigenvalue weighted by Crippen LogP contribution is 2.43. The van der Waals surface area contributed by atoms with Gasteiger partial charge in [-0.2, -0.15) is 0 Å². The van der Waals surface area contributed by atoms with Crippen molar-refractivity contribution in [3.63, 3.8) is 0 Å². The van der Waals surface area contributed by atoms with Crippen LogP contribution in [0.4, 0.5) is 8.78 Å². The van der Waals surface area contributed by atoms with E-state index >= 15 is 0 Å². The summed E-state index contributed by atoms with van der Waals surface area (Å²) in [5, 5.41) is 0. The van der Waals surface area contributed by atoms with E-state index in [1.807, 2.05) is 6.07 Å². The van der Waals surface area contributed by atoms with Gasteiger partial charge in [0.2, 0.25) is 0 Å².